The fraction of sp³-hybridized carbons (Fsp3) is 0.857. The van der Waals surface area contributed by atoms with Crippen LogP contribution in [-0.2, 0) is 14.3 Å². The monoisotopic (exact) mass is 499 g/mol. The normalized spacial score (nSPS) is 18.6. The van der Waals surface area contributed by atoms with Gasteiger partial charge in [0.1, 0.15) is 17.8 Å². The van der Waals surface area contributed by atoms with E-state index in [0.29, 0.717) is 17.6 Å². The first kappa shape index (κ1) is 33.4. The van der Waals surface area contributed by atoms with Gasteiger partial charge in [-0.1, -0.05) is 48.0 Å². The Labute approximate surface area is 214 Å². The van der Waals surface area contributed by atoms with Gasteiger partial charge < -0.3 is 25.0 Å². The Morgan fingerprint density at radius 2 is 1.43 bits per heavy atom. The van der Waals surface area contributed by atoms with Crippen LogP contribution in [-0.4, -0.2) is 52.2 Å². The molecule has 206 valence electrons. The van der Waals surface area contributed by atoms with Crippen LogP contribution >= 0.6 is 0 Å². The van der Waals surface area contributed by atoms with Gasteiger partial charge in [0.15, 0.2) is 0 Å². The lowest BCUT2D eigenvalue weighted by Gasteiger charge is -2.39. The van der Waals surface area contributed by atoms with E-state index in [1.54, 1.807) is 48.5 Å². The highest BCUT2D eigenvalue weighted by molar-refractivity contribution is 5.75. The number of hydrogen-bond donors (Lipinski definition) is 3. The molecule has 0 aromatic rings. The van der Waals surface area contributed by atoms with Crippen LogP contribution in [0.4, 0.5) is 4.79 Å². The fourth-order valence-electron chi connectivity index (χ4n) is 3.90. The van der Waals surface area contributed by atoms with E-state index in [2.05, 4.69) is 19.2 Å². The number of aliphatic hydroxyl groups excluding tert-OH is 2. The number of aliphatic hydroxyl groups is 2. The van der Waals surface area contributed by atoms with E-state index in [-0.39, 0.29) is 11.8 Å². The lowest BCUT2D eigenvalue weighted by atomic mass is 9.71. The third kappa shape index (κ3) is 10.5. The van der Waals surface area contributed by atoms with E-state index in [0.717, 1.165) is 6.42 Å². The highest BCUT2D eigenvalue weighted by atomic mass is 16.6. The van der Waals surface area contributed by atoms with Crippen LogP contribution in [0.1, 0.15) is 103 Å². The van der Waals surface area contributed by atoms with Crippen molar-refractivity contribution in [3.63, 3.8) is 0 Å². The molecule has 0 saturated carbocycles. The summed E-state index contributed by atoms with van der Waals surface area (Å²) in [6.07, 6.45) is -1.71. The number of alkyl carbamates (subject to hydrolysis) is 1. The number of rotatable bonds is 12. The quantitative estimate of drug-likeness (QED) is 0.238. The summed E-state index contributed by atoms with van der Waals surface area (Å²) in [7, 11) is 0. The van der Waals surface area contributed by atoms with Crippen molar-refractivity contribution >= 4 is 12.1 Å². The third-order valence-corrected chi connectivity index (χ3v) is 7.32. The Kier molecular flexibility index (Phi) is 13.0. The van der Waals surface area contributed by atoms with Crippen molar-refractivity contribution < 1.29 is 29.3 Å². The van der Waals surface area contributed by atoms with Gasteiger partial charge in [0, 0.05) is 6.04 Å². The van der Waals surface area contributed by atoms with E-state index in [9.17, 15) is 19.8 Å². The topological polar surface area (TPSA) is 105 Å². The van der Waals surface area contributed by atoms with E-state index in [1.165, 1.54) is 0 Å². The van der Waals surface area contributed by atoms with E-state index >= 15 is 0 Å². The first-order valence-electron chi connectivity index (χ1n) is 13.0. The molecule has 0 radical (unpaired) electrons. The number of nitrogens with one attached hydrogen (secondary N) is 1. The highest BCUT2D eigenvalue weighted by Gasteiger charge is 2.38. The first-order valence-corrected chi connectivity index (χ1v) is 13.0. The summed E-state index contributed by atoms with van der Waals surface area (Å²) < 4.78 is 11.1. The van der Waals surface area contributed by atoms with Crippen molar-refractivity contribution in [3.05, 3.63) is 11.1 Å². The molecule has 0 aliphatic rings. The number of amides is 1. The molecule has 0 rings (SSSR count). The Hall–Kier alpha value is -1.60. The lowest BCUT2D eigenvalue weighted by molar-refractivity contribution is -0.152. The Bertz CT molecular complexity index is 721. The van der Waals surface area contributed by atoms with Gasteiger partial charge in [-0.25, -0.2) is 4.79 Å². The summed E-state index contributed by atoms with van der Waals surface area (Å²) in [5.74, 6) is -0.578. The third-order valence-electron chi connectivity index (χ3n) is 7.32. The van der Waals surface area contributed by atoms with Gasteiger partial charge in [-0.05, 0) is 83.3 Å². The molecule has 35 heavy (non-hydrogen) atoms. The predicted octanol–water partition coefficient (Wildman–Crippen LogP) is 5.62. The molecule has 0 heterocycles. The minimum absolute atomic E-state index is 0.215. The maximum absolute atomic E-state index is 13.0. The number of ether oxygens (including phenoxy) is 2. The number of esters is 1. The van der Waals surface area contributed by atoms with Crippen LogP contribution in [0.15, 0.2) is 11.1 Å². The van der Waals surface area contributed by atoms with Crippen LogP contribution in [0, 0.1) is 23.2 Å². The van der Waals surface area contributed by atoms with Crippen molar-refractivity contribution in [1.29, 1.82) is 0 Å². The van der Waals surface area contributed by atoms with Gasteiger partial charge in [0.05, 0.1) is 12.0 Å². The molecule has 0 aliphatic heterocycles. The minimum atomic E-state index is -1.07. The zero-order chi connectivity index (χ0) is 27.9. The first-order chi connectivity index (χ1) is 15.8. The van der Waals surface area contributed by atoms with Crippen LogP contribution < -0.4 is 5.32 Å². The number of hydrogen-bond acceptors (Lipinski definition) is 6. The molecule has 6 atom stereocenters. The fourth-order valence-corrected chi connectivity index (χ4v) is 3.90. The van der Waals surface area contributed by atoms with E-state index in [1.807, 2.05) is 27.7 Å². The molecule has 0 fully saturated rings. The molecule has 3 N–H and O–H groups in total. The molecule has 0 aliphatic carbocycles. The summed E-state index contributed by atoms with van der Waals surface area (Å²) in [6, 6.07) is -0.446. The second-order valence-corrected chi connectivity index (χ2v) is 12.1. The summed E-state index contributed by atoms with van der Waals surface area (Å²) in [6.45, 7) is 24.5. The lowest BCUT2D eigenvalue weighted by Crippen LogP contribution is -2.46. The number of carbonyl (C=O) groups excluding carboxylic acids is 2. The summed E-state index contributed by atoms with van der Waals surface area (Å²) in [5.41, 5.74) is 0.158. The molecule has 7 heteroatoms. The predicted molar refractivity (Wildman–Crippen MR) is 141 cm³/mol. The zero-order valence-corrected chi connectivity index (χ0v) is 24.5. The van der Waals surface area contributed by atoms with Crippen LogP contribution in [0.3, 0.4) is 0 Å². The van der Waals surface area contributed by atoms with Gasteiger partial charge in [0.2, 0.25) is 0 Å². The standard InChI is InChI=1S/C28H53NO6/c1-14-17(4)28(12,13)24(31)23(30)19(6)18(5)21(8)34-25(32)20(7)22(15-16(2)3)29-26(33)35-27(9,10)11/h16-17,20-24,30-31H,14-15H2,1-13H3,(H,29,33)/b19-18+/t17-,20?,21?,22-,23-,24-/m0/s1. The highest BCUT2D eigenvalue weighted by Crippen LogP contribution is 2.36. The SMILES string of the molecule is CC[C@H](C)C(C)(C)[C@@H](O)[C@@H](O)/C(C)=C(\C)C(C)OC(=O)C(C)[C@H](CC(C)C)NC(=O)OC(C)(C)C. The molecule has 0 spiro atoms. The molecule has 7 nitrogen and oxygen atoms in total. The smallest absolute Gasteiger partial charge is 0.407 e. The van der Waals surface area contributed by atoms with Crippen LogP contribution in [0.5, 0.6) is 0 Å². The van der Waals surface area contributed by atoms with Crippen LogP contribution in [0.2, 0.25) is 0 Å². The Morgan fingerprint density at radius 1 is 0.914 bits per heavy atom. The molecule has 0 saturated heterocycles. The minimum Gasteiger partial charge on any atom is -0.458 e. The average molecular weight is 500 g/mol. The van der Waals surface area contributed by atoms with Crippen molar-refractivity contribution in [2.45, 2.75) is 133 Å². The largest absolute Gasteiger partial charge is 0.458 e. The number of carbonyl (C=O) groups is 2. The van der Waals surface area contributed by atoms with Crippen molar-refractivity contribution in [2.24, 2.45) is 23.2 Å². The molecule has 0 aromatic carbocycles. The van der Waals surface area contributed by atoms with E-state index in [4.69, 9.17) is 9.47 Å². The van der Waals surface area contributed by atoms with Crippen molar-refractivity contribution in [1.82, 2.24) is 5.32 Å². The summed E-state index contributed by atoms with van der Waals surface area (Å²) in [4.78, 5) is 25.4. The van der Waals surface area contributed by atoms with Gasteiger partial charge >= 0.3 is 12.1 Å². The second kappa shape index (κ2) is 13.6. The molecule has 2 unspecified atom stereocenters. The second-order valence-electron chi connectivity index (χ2n) is 12.1. The van der Waals surface area contributed by atoms with Gasteiger partial charge in [-0.3, -0.25) is 4.79 Å². The van der Waals surface area contributed by atoms with Gasteiger partial charge in [0.25, 0.3) is 0 Å². The molecule has 1 amide bonds. The zero-order valence-electron chi connectivity index (χ0n) is 24.5. The van der Waals surface area contributed by atoms with E-state index < -0.39 is 53.4 Å². The van der Waals surface area contributed by atoms with Crippen molar-refractivity contribution in [3.8, 4) is 0 Å². The van der Waals surface area contributed by atoms with Gasteiger partial charge in [-0.15, -0.1) is 0 Å². The molecule has 0 aromatic heterocycles. The Morgan fingerprint density at radius 3 is 1.86 bits per heavy atom. The summed E-state index contributed by atoms with van der Waals surface area (Å²) >= 11 is 0. The van der Waals surface area contributed by atoms with Crippen LogP contribution in [0.25, 0.3) is 0 Å². The summed E-state index contributed by atoms with van der Waals surface area (Å²) in [5, 5.41) is 24.6. The Balaban J connectivity index is 5.52. The maximum Gasteiger partial charge on any atom is 0.407 e. The van der Waals surface area contributed by atoms with Crippen molar-refractivity contribution in [2.75, 3.05) is 0 Å². The average Bonchev–Trinajstić information content (AvgIpc) is 2.73. The van der Waals surface area contributed by atoms with Gasteiger partial charge in [-0.2, -0.15) is 0 Å². The molecular formula is C28H53NO6. The molecule has 0 bridgehead atoms. The maximum atomic E-state index is 13.0. The molecular weight excluding hydrogens is 446 g/mol.